The molecule has 0 aromatic carbocycles. The molecular weight excluding hydrogens is 277 g/mol. The highest BCUT2D eigenvalue weighted by atomic mass is 79.9. The quantitative estimate of drug-likeness (QED) is 0.792. The van der Waals surface area contributed by atoms with E-state index in [1.54, 1.807) is 7.05 Å². The molecule has 6 heteroatoms. The summed E-state index contributed by atoms with van der Waals surface area (Å²) >= 11 is 3.22. The van der Waals surface area contributed by atoms with E-state index in [2.05, 4.69) is 26.0 Å². The molecule has 0 aliphatic heterocycles. The van der Waals surface area contributed by atoms with Gasteiger partial charge in [0, 0.05) is 7.05 Å². The van der Waals surface area contributed by atoms with Crippen molar-refractivity contribution >= 4 is 21.7 Å². The highest BCUT2D eigenvalue weighted by molar-refractivity contribution is 9.10. The second kappa shape index (κ2) is 4.13. The highest BCUT2D eigenvalue weighted by Crippen LogP contribution is 2.18. The maximum atomic E-state index is 12.7. The summed E-state index contributed by atoms with van der Waals surface area (Å²) in [5.74, 6) is -0.771. The van der Waals surface area contributed by atoms with Gasteiger partial charge in [-0.25, -0.2) is 9.37 Å². The van der Waals surface area contributed by atoms with Crippen LogP contribution in [0.3, 0.4) is 0 Å². The Hall–Kier alpha value is -1.56. The van der Waals surface area contributed by atoms with E-state index in [-0.39, 0.29) is 11.5 Å². The molecule has 0 radical (unpaired) electrons. The van der Waals surface area contributed by atoms with Crippen LogP contribution < -0.4 is 0 Å². The first-order chi connectivity index (χ1) is 7.59. The van der Waals surface area contributed by atoms with Gasteiger partial charge in [0.15, 0.2) is 0 Å². The fourth-order valence-electron chi connectivity index (χ4n) is 1.30. The largest absolute Gasteiger partial charge is 0.285 e. The van der Waals surface area contributed by atoms with Crippen LogP contribution in [0.5, 0.6) is 0 Å². The zero-order valence-corrected chi connectivity index (χ0v) is 9.90. The van der Waals surface area contributed by atoms with Gasteiger partial charge >= 0.3 is 0 Å². The van der Waals surface area contributed by atoms with E-state index in [4.69, 9.17) is 0 Å². The summed E-state index contributed by atoms with van der Waals surface area (Å²) in [4.78, 5) is 15.7. The summed E-state index contributed by atoms with van der Waals surface area (Å²) in [6, 6.07) is 2.54. The molecule has 82 valence electrons. The summed E-state index contributed by atoms with van der Waals surface area (Å²) in [5.41, 5.74) is 0.574. The van der Waals surface area contributed by atoms with Crippen LogP contribution in [-0.2, 0) is 7.05 Å². The SMILES string of the molecule is Cn1ncc(Br)c1C(=O)c1ccc(F)cn1. The number of rotatable bonds is 2. The van der Waals surface area contributed by atoms with Gasteiger partial charge in [0.05, 0.1) is 16.9 Å². The number of hydrogen-bond acceptors (Lipinski definition) is 3. The number of aryl methyl sites for hydroxylation is 1. The molecule has 0 saturated heterocycles. The molecule has 2 rings (SSSR count). The van der Waals surface area contributed by atoms with Gasteiger partial charge in [0.2, 0.25) is 5.78 Å². The number of halogens is 2. The van der Waals surface area contributed by atoms with Gasteiger partial charge in [-0.05, 0) is 28.1 Å². The van der Waals surface area contributed by atoms with Crippen molar-refractivity contribution in [3.05, 3.63) is 46.2 Å². The lowest BCUT2D eigenvalue weighted by atomic mass is 10.2. The van der Waals surface area contributed by atoms with Crippen LogP contribution in [0.2, 0.25) is 0 Å². The van der Waals surface area contributed by atoms with Crippen molar-refractivity contribution < 1.29 is 9.18 Å². The van der Waals surface area contributed by atoms with Gasteiger partial charge < -0.3 is 0 Å². The molecule has 0 atom stereocenters. The summed E-state index contributed by atoms with van der Waals surface area (Å²) in [7, 11) is 1.65. The second-order valence-corrected chi connectivity index (χ2v) is 4.01. The van der Waals surface area contributed by atoms with Gasteiger partial charge in [-0.3, -0.25) is 9.48 Å². The van der Waals surface area contributed by atoms with Crippen molar-refractivity contribution in [2.45, 2.75) is 0 Å². The number of hydrogen-bond donors (Lipinski definition) is 0. The summed E-state index contributed by atoms with van der Waals surface area (Å²) in [6.45, 7) is 0. The first-order valence-corrected chi connectivity index (χ1v) is 5.22. The van der Waals surface area contributed by atoms with Crippen LogP contribution in [0.1, 0.15) is 16.2 Å². The van der Waals surface area contributed by atoms with Gasteiger partial charge in [-0.1, -0.05) is 0 Å². The normalized spacial score (nSPS) is 10.4. The van der Waals surface area contributed by atoms with Crippen LogP contribution >= 0.6 is 15.9 Å². The molecule has 0 fully saturated rings. The molecule has 0 amide bonds. The average Bonchev–Trinajstić information content (AvgIpc) is 2.59. The predicted octanol–water partition coefficient (Wildman–Crippen LogP) is 1.95. The number of aromatic nitrogens is 3. The van der Waals surface area contributed by atoms with Crippen molar-refractivity contribution in [1.29, 1.82) is 0 Å². The summed E-state index contributed by atoms with van der Waals surface area (Å²) < 4.78 is 14.7. The Balaban J connectivity index is 2.43. The molecular formula is C10H7BrFN3O. The van der Waals surface area contributed by atoms with E-state index in [9.17, 15) is 9.18 Å². The molecule has 0 aliphatic rings. The van der Waals surface area contributed by atoms with Crippen LogP contribution in [0.4, 0.5) is 4.39 Å². The van der Waals surface area contributed by atoms with Crippen molar-refractivity contribution in [3.8, 4) is 0 Å². The summed E-state index contributed by atoms with van der Waals surface area (Å²) in [6.07, 6.45) is 2.54. The Labute approximate surface area is 99.2 Å². The van der Waals surface area contributed by atoms with Crippen molar-refractivity contribution in [1.82, 2.24) is 14.8 Å². The topological polar surface area (TPSA) is 47.8 Å². The molecule has 0 spiro atoms. The molecule has 0 unspecified atom stereocenters. The van der Waals surface area contributed by atoms with E-state index in [1.807, 2.05) is 0 Å². The maximum absolute atomic E-state index is 12.7. The van der Waals surface area contributed by atoms with Crippen molar-refractivity contribution in [3.63, 3.8) is 0 Å². The lowest BCUT2D eigenvalue weighted by molar-refractivity contribution is 0.102. The molecule has 0 saturated carbocycles. The molecule has 0 bridgehead atoms. The van der Waals surface area contributed by atoms with E-state index >= 15 is 0 Å². The Morgan fingerprint density at radius 3 is 2.69 bits per heavy atom. The standard InChI is InChI=1S/C10H7BrFN3O/c1-15-9(7(11)5-14-15)10(16)8-3-2-6(12)4-13-8/h2-5H,1H3. The third kappa shape index (κ3) is 1.88. The Morgan fingerprint density at radius 2 is 2.19 bits per heavy atom. The first kappa shape index (κ1) is 10.9. The molecule has 0 aliphatic carbocycles. The minimum atomic E-state index is -0.472. The number of carbonyl (C=O) groups excluding carboxylic acids is 1. The summed E-state index contributed by atoms with van der Waals surface area (Å²) in [5, 5.41) is 3.93. The van der Waals surface area contributed by atoms with Gasteiger partial charge in [0.25, 0.3) is 0 Å². The molecule has 2 heterocycles. The van der Waals surface area contributed by atoms with Gasteiger partial charge in [0.1, 0.15) is 17.2 Å². The minimum Gasteiger partial charge on any atom is -0.285 e. The molecule has 2 aromatic heterocycles. The third-order valence-electron chi connectivity index (χ3n) is 2.07. The molecule has 2 aromatic rings. The van der Waals surface area contributed by atoms with Crippen LogP contribution in [-0.4, -0.2) is 20.5 Å². The number of nitrogens with zero attached hydrogens (tertiary/aromatic N) is 3. The van der Waals surface area contributed by atoms with Crippen LogP contribution in [0.15, 0.2) is 29.0 Å². The Bertz CT molecular complexity index is 516. The molecule has 0 N–H and O–H groups in total. The number of ketones is 1. The first-order valence-electron chi connectivity index (χ1n) is 4.43. The smallest absolute Gasteiger partial charge is 0.230 e. The van der Waals surface area contributed by atoms with Crippen LogP contribution in [0.25, 0.3) is 0 Å². The number of pyridine rings is 1. The fourth-order valence-corrected chi connectivity index (χ4v) is 1.83. The van der Waals surface area contributed by atoms with E-state index < -0.39 is 5.82 Å². The fraction of sp³-hybridized carbons (Fsp3) is 0.100. The van der Waals surface area contributed by atoms with E-state index in [0.29, 0.717) is 10.2 Å². The Morgan fingerprint density at radius 1 is 1.44 bits per heavy atom. The average molecular weight is 284 g/mol. The third-order valence-corrected chi connectivity index (χ3v) is 2.65. The van der Waals surface area contributed by atoms with Crippen molar-refractivity contribution in [2.24, 2.45) is 7.05 Å². The van der Waals surface area contributed by atoms with E-state index in [1.165, 1.54) is 23.0 Å². The van der Waals surface area contributed by atoms with Crippen LogP contribution in [0, 0.1) is 5.82 Å². The second-order valence-electron chi connectivity index (χ2n) is 3.16. The van der Waals surface area contributed by atoms with E-state index in [0.717, 1.165) is 6.20 Å². The minimum absolute atomic E-state index is 0.186. The van der Waals surface area contributed by atoms with Gasteiger partial charge in [-0.2, -0.15) is 5.10 Å². The monoisotopic (exact) mass is 283 g/mol. The van der Waals surface area contributed by atoms with Crippen molar-refractivity contribution in [2.75, 3.05) is 0 Å². The highest BCUT2D eigenvalue weighted by Gasteiger charge is 2.18. The predicted molar refractivity (Wildman–Crippen MR) is 58.5 cm³/mol. The lowest BCUT2D eigenvalue weighted by Gasteiger charge is -2.01. The zero-order valence-electron chi connectivity index (χ0n) is 8.32. The lowest BCUT2D eigenvalue weighted by Crippen LogP contribution is -2.10. The Kier molecular flexibility index (Phi) is 2.82. The molecule has 16 heavy (non-hydrogen) atoms. The molecule has 4 nitrogen and oxygen atoms in total. The zero-order chi connectivity index (χ0) is 11.7. The van der Waals surface area contributed by atoms with Gasteiger partial charge in [-0.15, -0.1) is 0 Å². The number of carbonyl (C=O) groups is 1. The maximum Gasteiger partial charge on any atom is 0.230 e.